The Balaban J connectivity index is 1.76. The predicted octanol–water partition coefficient (Wildman–Crippen LogP) is 6.04. The van der Waals surface area contributed by atoms with E-state index in [9.17, 15) is 10.5 Å². The van der Waals surface area contributed by atoms with E-state index in [0.717, 1.165) is 34.6 Å². The van der Waals surface area contributed by atoms with Crippen molar-refractivity contribution in [3.05, 3.63) is 88.0 Å². The molecule has 0 bridgehead atoms. The van der Waals surface area contributed by atoms with Gasteiger partial charge in [-0.1, -0.05) is 66.4 Å². The molecule has 0 atom stereocenters. The molecular weight excluding hydrogens is 374 g/mol. The Morgan fingerprint density at radius 1 is 0.931 bits per heavy atom. The molecule has 3 aromatic carbocycles. The summed E-state index contributed by atoms with van der Waals surface area (Å²) in [7, 11) is 2.09. The van der Waals surface area contributed by atoms with Gasteiger partial charge in [0.25, 0.3) is 0 Å². The van der Waals surface area contributed by atoms with Gasteiger partial charge in [-0.3, -0.25) is 0 Å². The topological polar surface area (TPSA) is 50.8 Å². The van der Waals surface area contributed by atoms with Crippen LogP contribution in [0.1, 0.15) is 17.5 Å². The van der Waals surface area contributed by atoms with Crippen molar-refractivity contribution in [3.63, 3.8) is 0 Å². The van der Waals surface area contributed by atoms with Gasteiger partial charge in [-0.2, -0.15) is 10.5 Å². The van der Waals surface area contributed by atoms with Crippen molar-refractivity contribution < 1.29 is 0 Å². The lowest BCUT2D eigenvalue weighted by Gasteiger charge is -2.26. The van der Waals surface area contributed by atoms with Crippen LogP contribution >= 0.6 is 11.8 Å². The summed E-state index contributed by atoms with van der Waals surface area (Å²) in [6.07, 6.45) is 1.73. The number of benzene rings is 3. The van der Waals surface area contributed by atoms with Gasteiger partial charge >= 0.3 is 0 Å². The molecule has 0 spiro atoms. The minimum atomic E-state index is 0.189. The second-order valence-corrected chi connectivity index (χ2v) is 8.24. The van der Waals surface area contributed by atoms with E-state index in [4.69, 9.17) is 0 Å². The Hall–Kier alpha value is -3.47. The molecule has 0 saturated heterocycles. The fraction of sp³-hybridized carbons (Fsp3) is 0.120. The zero-order valence-corrected chi connectivity index (χ0v) is 16.8. The van der Waals surface area contributed by atoms with Crippen molar-refractivity contribution in [2.24, 2.45) is 0 Å². The zero-order chi connectivity index (χ0) is 20.0. The number of rotatable bonds is 0. The Bertz CT molecular complexity index is 1300. The fourth-order valence-corrected chi connectivity index (χ4v) is 5.61. The van der Waals surface area contributed by atoms with Crippen molar-refractivity contribution >= 4 is 33.8 Å². The molecule has 3 nitrogen and oxygen atoms in total. The summed E-state index contributed by atoms with van der Waals surface area (Å²) in [4.78, 5) is 3.44. The van der Waals surface area contributed by atoms with E-state index in [-0.39, 0.29) is 5.57 Å². The summed E-state index contributed by atoms with van der Waals surface area (Å²) >= 11 is 1.73. The molecule has 3 aromatic rings. The summed E-state index contributed by atoms with van der Waals surface area (Å²) in [5.74, 6) is 0. The minimum absolute atomic E-state index is 0.189. The van der Waals surface area contributed by atoms with E-state index in [1.54, 1.807) is 11.8 Å². The lowest BCUT2D eigenvalue weighted by Crippen LogP contribution is -2.16. The first-order chi connectivity index (χ1) is 14.2. The van der Waals surface area contributed by atoms with E-state index < -0.39 is 0 Å². The van der Waals surface area contributed by atoms with E-state index in [1.165, 1.54) is 26.9 Å². The highest BCUT2D eigenvalue weighted by Gasteiger charge is 2.31. The number of nitrogens with zero attached hydrogens (tertiary/aromatic N) is 3. The first kappa shape index (κ1) is 17.6. The maximum Gasteiger partial charge on any atom is 0.137 e. The van der Waals surface area contributed by atoms with Gasteiger partial charge in [-0.25, -0.2) is 0 Å². The van der Waals surface area contributed by atoms with Crippen molar-refractivity contribution in [1.29, 1.82) is 10.5 Å². The van der Waals surface area contributed by atoms with Gasteiger partial charge in [-0.15, -0.1) is 0 Å². The Morgan fingerprint density at radius 2 is 1.69 bits per heavy atom. The van der Waals surface area contributed by atoms with Crippen LogP contribution in [-0.2, 0) is 6.42 Å². The summed E-state index contributed by atoms with van der Waals surface area (Å²) in [6, 6.07) is 25.1. The highest BCUT2D eigenvalue weighted by molar-refractivity contribution is 8.03. The maximum absolute atomic E-state index is 9.67. The summed E-state index contributed by atoms with van der Waals surface area (Å²) in [6.45, 7) is 0. The van der Waals surface area contributed by atoms with Crippen LogP contribution in [0, 0.1) is 22.7 Å². The van der Waals surface area contributed by atoms with Crippen LogP contribution in [0.15, 0.2) is 81.7 Å². The molecule has 0 radical (unpaired) electrons. The number of nitriles is 2. The molecule has 1 heterocycles. The highest BCUT2D eigenvalue weighted by Crippen LogP contribution is 2.52. The SMILES string of the molecule is CN1/C(=C2\CCc3ccccc3C2=C(C#N)C#N)Sc2ccc3ccccc3c21. The molecule has 0 saturated carbocycles. The summed E-state index contributed by atoms with van der Waals surface area (Å²) < 4.78 is 0. The van der Waals surface area contributed by atoms with E-state index in [2.05, 4.69) is 66.6 Å². The quantitative estimate of drug-likeness (QED) is 0.438. The van der Waals surface area contributed by atoms with Crippen LogP contribution in [0.2, 0.25) is 0 Å². The summed E-state index contributed by atoms with van der Waals surface area (Å²) in [5.41, 5.74) is 5.48. The van der Waals surface area contributed by atoms with Crippen molar-refractivity contribution in [2.45, 2.75) is 17.7 Å². The van der Waals surface area contributed by atoms with Gasteiger partial charge in [0.15, 0.2) is 0 Å². The van der Waals surface area contributed by atoms with E-state index in [1.807, 2.05) is 18.2 Å². The van der Waals surface area contributed by atoms with Crippen molar-refractivity contribution in [1.82, 2.24) is 0 Å². The number of fused-ring (bicyclic) bond motifs is 4. The van der Waals surface area contributed by atoms with Crippen molar-refractivity contribution in [3.8, 4) is 12.1 Å². The van der Waals surface area contributed by atoms with Crippen LogP contribution in [-0.4, -0.2) is 7.05 Å². The molecule has 138 valence electrons. The van der Waals surface area contributed by atoms with E-state index in [0.29, 0.717) is 0 Å². The molecule has 2 aliphatic rings. The fourth-order valence-electron chi connectivity index (χ4n) is 4.37. The van der Waals surface area contributed by atoms with Gasteiger partial charge in [0, 0.05) is 22.9 Å². The van der Waals surface area contributed by atoms with E-state index >= 15 is 0 Å². The molecule has 0 aromatic heterocycles. The number of thioether (sulfide) groups is 1. The van der Waals surface area contributed by atoms with Crippen LogP contribution in [0.5, 0.6) is 0 Å². The normalized spacial score (nSPS) is 17.5. The second kappa shape index (κ2) is 6.85. The first-order valence-electron chi connectivity index (χ1n) is 9.52. The smallest absolute Gasteiger partial charge is 0.137 e. The Morgan fingerprint density at radius 3 is 2.52 bits per heavy atom. The Kier molecular flexibility index (Phi) is 4.16. The number of allylic oxidation sites excluding steroid dienone is 3. The Labute approximate surface area is 174 Å². The summed E-state index contributed by atoms with van der Waals surface area (Å²) in [5, 5.41) is 22.9. The van der Waals surface area contributed by atoms with Gasteiger partial charge in [0.1, 0.15) is 17.7 Å². The van der Waals surface area contributed by atoms with Crippen molar-refractivity contribution in [2.75, 3.05) is 11.9 Å². The van der Waals surface area contributed by atoms with Gasteiger partial charge in [-0.05, 0) is 41.0 Å². The molecule has 0 amide bonds. The zero-order valence-electron chi connectivity index (χ0n) is 15.9. The largest absolute Gasteiger partial charge is 0.337 e. The standard InChI is InChI=1S/C25H17N3S/c1-28-24-20-9-5-3-7-17(20)11-13-22(24)29-25(28)21-12-10-16-6-2-4-8-19(16)23(21)18(14-26)15-27/h2-9,11,13H,10,12H2,1H3/b25-21-. The van der Waals surface area contributed by atoms with Crippen LogP contribution < -0.4 is 4.90 Å². The molecule has 1 aliphatic carbocycles. The lowest BCUT2D eigenvalue weighted by atomic mass is 9.81. The molecule has 0 N–H and O–H groups in total. The van der Waals surface area contributed by atoms with Gasteiger partial charge in [0.05, 0.1) is 10.7 Å². The molecule has 0 unspecified atom stereocenters. The molecule has 0 fully saturated rings. The lowest BCUT2D eigenvalue weighted by molar-refractivity contribution is 0.925. The monoisotopic (exact) mass is 391 g/mol. The molecule has 4 heteroatoms. The molecular formula is C25H17N3S. The predicted molar refractivity (Wildman–Crippen MR) is 118 cm³/mol. The second-order valence-electron chi connectivity index (χ2n) is 7.21. The number of hydrogen-bond acceptors (Lipinski definition) is 4. The molecule has 29 heavy (non-hydrogen) atoms. The third kappa shape index (κ3) is 2.65. The third-order valence-corrected chi connectivity index (χ3v) is 6.94. The van der Waals surface area contributed by atoms with Crippen LogP contribution in [0.4, 0.5) is 5.69 Å². The van der Waals surface area contributed by atoms with Gasteiger partial charge in [0.2, 0.25) is 0 Å². The van der Waals surface area contributed by atoms with Gasteiger partial charge < -0.3 is 4.90 Å². The molecule has 5 rings (SSSR count). The van der Waals surface area contributed by atoms with Crippen LogP contribution in [0.3, 0.4) is 0 Å². The van der Waals surface area contributed by atoms with Crippen LogP contribution in [0.25, 0.3) is 16.3 Å². The third-order valence-electron chi connectivity index (χ3n) is 5.67. The number of hydrogen-bond donors (Lipinski definition) is 0. The highest BCUT2D eigenvalue weighted by atomic mass is 32.2. The molecule has 1 aliphatic heterocycles. The maximum atomic E-state index is 9.67. The minimum Gasteiger partial charge on any atom is -0.337 e. The average molecular weight is 391 g/mol. The number of aryl methyl sites for hydroxylation is 1. The first-order valence-corrected chi connectivity index (χ1v) is 10.3. The number of anilines is 1. The average Bonchev–Trinajstić information content (AvgIpc) is 3.11.